The summed E-state index contributed by atoms with van der Waals surface area (Å²) in [4.78, 5) is 11.7. The number of aromatic hydroxyl groups is 1. The Balaban J connectivity index is 1.86. The van der Waals surface area contributed by atoms with Gasteiger partial charge in [-0.2, -0.15) is 5.10 Å². The van der Waals surface area contributed by atoms with E-state index in [-0.39, 0.29) is 12.4 Å². The van der Waals surface area contributed by atoms with Gasteiger partial charge in [0.1, 0.15) is 17.2 Å². The zero-order valence-corrected chi connectivity index (χ0v) is 15.0. The van der Waals surface area contributed by atoms with E-state index in [1.807, 2.05) is 0 Å². The Morgan fingerprint density at radius 1 is 1.38 bits per heavy atom. The van der Waals surface area contributed by atoms with Crippen molar-refractivity contribution in [1.29, 1.82) is 0 Å². The summed E-state index contributed by atoms with van der Waals surface area (Å²) in [6, 6.07) is 9.71. The maximum absolute atomic E-state index is 11.7. The Kier molecular flexibility index (Phi) is 6.45. The highest BCUT2D eigenvalue weighted by Crippen LogP contribution is 2.27. The molecule has 24 heavy (non-hydrogen) atoms. The number of amides is 1. The Morgan fingerprint density at radius 3 is 2.83 bits per heavy atom. The summed E-state index contributed by atoms with van der Waals surface area (Å²) in [6.45, 7) is -0.216. The summed E-state index contributed by atoms with van der Waals surface area (Å²) >= 11 is 9.12. The number of nitrogens with zero attached hydrogens (tertiary/aromatic N) is 1. The third-order valence-electron chi connectivity index (χ3n) is 2.88. The first-order valence-corrected chi connectivity index (χ1v) is 7.93. The minimum Gasteiger partial charge on any atom is -0.507 e. The van der Waals surface area contributed by atoms with Gasteiger partial charge in [0.25, 0.3) is 5.91 Å². The molecule has 2 rings (SSSR count). The van der Waals surface area contributed by atoms with Gasteiger partial charge in [-0.25, -0.2) is 5.43 Å². The van der Waals surface area contributed by atoms with E-state index in [1.54, 1.807) is 30.3 Å². The molecule has 0 radical (unpaired) electrons. The molecule has 0 saturated carbocycles. The molecule has 6 nitrogen and oxygen atoms in total. The second kappa shape index (κ2) is 8.56. The number of phenols is 1. The quantitative estimate of drug-likeness (QED) is 0.562. The summed E-state index contributed by atoms with van der Waals surface area (Å²) in [5.41, 5.74) is 2.75. The van der Waals surface area contributed by atoms with Crippen molar-refractivity contribution in [1.82, 2.24) is 5.43 Å². The second-order valence-electron chi connectivity index (χ2n) is 4.58. The molecule has 0 atom stereocenters. The molecule has 0 unspecified atom stereocenters. The number of benzene rings is 2. The molecule has 0 aromatic heterocycles. The molecule has 2 aromatic rings. The standard InChI is InChI=1S/C16H14BrClN2O4/c1-23-12-4-2-10(14(21)7-12)8-19-20-16(22)9-24-15-5-3-11(18)6-13(15)17/h2-8,21H,9H2,1H3,(H,20,22)/b19-8+. The number of halogens is 2. The fraction of sp³-hybridized carbons (Fsp3) is 0.125. The lowest BCUT2D eigenvalue weighted by Crippen LogP contribution is -2.24. The topological polar surface area (TPSA) is 80.2 Å². The average molecular weight is 414 g/mol. The van der Waals surface area contributed by atoms with Crippen LogP contribution in [-0.2, 0) is 4.79 Å². The fourth-order valence-electron chi connectivity index (χ4n) is 1.70. The van der Waals surface area contributed by atoms with Gasteiger partial charge in [0.15, 0.2) is 6.61 Å². The summed E-state index contributed by atoms with van der Waals surface area (Å²) in [5, 5.41) is 14.1. The summed E-state index contributed by atoms with van der Waals surface area (Å²) < 4.78 is 11.0. The first-order chi connectivity index (χ1) is 11.5. The van der Waals surface area contributed by atoms with Crippen molar-refractivity contribution in [3.05, 3.63) is 51.5 Å². The Bertz CT molecular complexity index is 768. The van der Waals surface area contributed by atoms with E-state index in [2.05, 4.69) is 26.5 Å². The number of nitrogens with one attached hydrogen (secondary N) is 1. The number of methoxy groups -OCH3 is 1. The van der Waals surface area contributed by atoms with Crippen LogP contribution in [0.1, 0.15) is 5.56 Å². The number of carbonyl (C=O) groups excluding carboxylic acids is 1. The van der Waals surface area contributed by atoms with Crippen LogP contribution >= 0.6 is 27.5 Å². The third-order valence-corrected chi connectivity index (χ3v) is 3.74. The number of hydrazone groups is 1. The predicted octanol–water partition coefficient (Wildman–Crippen LogP) is 3.35. The van der Waals surface area contributed by atoms with Crippen LogP contribution in [0.15, 0.2) is 46.0 Å². The minimum absolute atomic E-state index is 0.00584. The molecule has 2 aromatic carbocycles. The van der Waals surface area contributed by atoms with Gasteiger partial charge in [0.2, 0.25) is 0 Å². The second-order valence-corrected chi connectivity index (χ2v) is 5.87. The van der Waals surface area contributed by atoms with E-state index in [1.165, 1.54) is 19.4 Å². The fourth-order valence-corrected chi connectivity index (χ4v) is 2.50. The van der Waals surface area contributed by atoms with Crippen LogP contribution in [0, 0.1) is 0 Å². The maximum atomic E-state index is 11.7. The number of carbonyl (C=O) groups is 1. The molecule has 1 amide bonds. The third kappa shape index (κ3) is 5.14. The van der Waals surface area contributed by atoms with E-state index in [0.29, 0.717) is 26.6 Å². The molecule has 0 aliphatic rings. The SMILES string of the molecule is COc1ccc(/C=N/NC(=O)COc2ccc(Cl)cc2Br)c(O)c1. The zero-order chi connectivity index (χ0) is 17.5. The first-order valence-electron chi connectivity index (χ1n) is 6.76. The number of hydrogen-bond donors (Lipinski definition) is 2. The summed E-state index contributed by atoms with van der Waals surface area (Å²) in [6.07, 6.45) is 1.32. The Labute approximate surface area is 152 Å². The Hall–Kier alpha value is -2.25. The lowest BCUT2D eigenvalue weighted by atomic mass is 10.2. The molecule has 0 bridgehead atoms. The van der Waals surface area contributed by atoms with Gasteiger partial charge < -0.3 is 14.6 Å². The summed E-state index contributed by atoms with van der Waals surface area (Å²) in [7, 11) is 1.50. The van der Waals surface area contributed by atoms with Gasteiger partial charge in [0.05, 0.1) is 17.8 Å². The van der Waals surface area contributed by atoms with Crippen LogP contribution < -0.4 is 14.9 Å². The van der Waals surface area contributed by atoms with Crippen molar-refractivity contribution in [3.8, 4) is 17.2 Å². The van der Waals surface area contributed by atoms with Crippen molar-refractivity contribution in [3.63, 3.8) is 0 Å². The minimum atomic E-state index is -0.443. The molecule has 2 N–H and O–H groups in total. The van der Waals surface area contributed by atoms with Gasteiger partial charge in [-0.1, -0.05) is 11.6 Å². The number of rotatable bonds is 6. The lowest BCUT2D eigenvalue weighted by molar-refractivity contribution is -0.123. The summed E-state index contributed by atoms with van der Waals surface area (Å²) in [5.74, 6) is 0.566. The number of hydrogen-bond acceptors (Lipinski definition) is 5. The zero-order valence-electron chi connectivity index (χ0n) is 12.6. The smallest absolute Gasteiger partial charge is 0.277 e. The van der Waals surface area contributed by atoms with E-state index in [4.69, 9.17) is 21.1 Å². The van der Waals surface area contributed by atoms with E-state index < -0.39 is 5.91 Å². The molecule has 0 spiro atoms. The highest BCUT2D eigenvalue weighted by atomic mass is 79.9. The molecule has 0 heterocycles. The van der Waals surface area contributed by atoms with Crippen molar-refractivity contribution >= 4 is 39.7 Å². The van der Waals surface area contributed by atoms with Crippen molar-refractivity contribution in [2.45, 2.75) is 0 Å². The molecular weight excluding hydrogens is 400 g/mol. The predicted molar refractivity (Wildman–Crippen MR) is 95.0 cm³/mol. The number of phenolic OH excluding ortho intramolecular Hbond substituents is 1. The van der Waals surface area contributed by atoms with E-state index in [9.17, 15) is 9.90 Å². The molecule has 8 heteroatoms. The van der Waals surface area contributed by atoms with Gasteiger partial charge in [0, 0.05) is 16.7 Å². The van der Waals surface area contributed by atoms with E-state index in [0.717, 1.165) is 0 Å². The molecular formula is C16H14BrClN2O4. The van der Waals surface area contributed by atoms with Gasteiger partial charge in [-0.05, 0) is 46.3 Å². The van der Waals surface area contributed by atoms with Crippen LogP contribution in [0.5, 0.6) is 17.2 Å². The van der Waals surface area contributed by atoms with Crippen LogP contribution in [0.4, 0.5) is 0 Å². The monoisotopic (exact) mass is 412 g/mol. The van der Waals surface area contributed by atoms with Crippen LogP contribution in [0.25, 0.3) is 0 Å². The lowest BCUT2D eigenvalue weighted by Gasteiger charge is -2.07. The van der Waals surface area contributed by atoms with Crippen molar-refractivity contribution in [2.24, 2.45) is 5.10 Å². The first kappa shape index (κ1) is 18.1. The van der Waals surface area contributed by atoms with Crippen LogP contribution in [-0.4, -0.2) is 30.9 Å². The largest absolute Gasteiger partial charge is 0.507 e. The Morgan fingerprint density at radius 2 is 2.17 bits per heavy atom. The highest BCUT2D eigenvalue weighted by molar-refractivity contribution is 9.10. The van der Waals surface area contributed by atoms with Gasteiger partial charge in [-0.15, -0.1) is 0 Å². The van der Waals surface area contributed by atoms with E-state index >= 15 is 0 Å². The normalized spacial score (nSPS) is 10.6. The van der Waals surface area contributed by atoms with Crippen molar-refractivity contribution < 1.29 is 19.4 Å². The van der Waals surface area contributed by atoms with Crippen LogP contribution in [0.3, 0.4) is 0 Å². The molecule has 0 aliphatic heterocycles. The van der Waals surface area contributed by atoms with Crippen LogP contribution in [0.2, 0.25) is 5.02 Å². The van der Waals surface area contributed by atoms with Crippen molar-refractivity contribution in [2.75, 3.05) is 13.7 Å². The molecule has 126 valence electrons. The average Bonchev–Trinajstić information content (AvgIpc) is 2.55. The maximum Gasteiger partial charge on any atom is 0.277 e. The number of ether oxygens (including phenoxy) is 2. The molecule has 0 aliphatic carbocycles. The van der Waals surface area contributed by atoms with Gasteiger partial charge in [-0.3, -0.25) is 4.79 Å². The van der Waals surface area contributed by atoms with Gasteiger partial charge >= 0.3 is 0 Å². The highest BCUT2D eigenvalue weighted by Gasteiger charge is 2.06. The molecule has 0 fully saturated rings. The molecule has 0 saturated heterocycles.